The molecule has 3 N–H and O–H groups in total. The van der Waals surface area contributed by atoms with Crippen molar-refractivity contribution in [3.8, 4) is 11.3 Å². The number of aromatic nitrogens is 2. The van der Waals surface area contributed by atoms with Crippen LogP contribution in [-0.2, 0) is 12.8 Å². The maximum absolute atomic E-state index is 5.70. The van der Waals surface area contributed by atoms with E-state index in [-0.39, 0.29) is 0 Å². The van der Waals surface area contributed by atoms with Gasteiger partial charge in [0.25, 0.3) is 0 Å². The molecule has 1 aromatic carbocycles. The third-order valence-electron chi connectivity index (χ3n) is 3.12. The molecule has 3 rings (SSSR count). The molecule has 1 aliphatic carbocycles. The fourth-order valence-corrected chi connectivity index (χ4v) is 2.67. The number of rotatable bonds is 1. The lowest BCUT2D eigenvalue weighted by atomic mass is 10.0. The fourth-order valence-electron chi connectivity index (χ4n) is 2.26. The van der Waals surface area contributed by atoms with Crippen molar-refractivity contribution >= 4 is 21.7 Å². The Morgan fingerprint density at radius 2 is 2.06 bits per heavy atom. The van der Waals surface area contributed by atoms with E-state index in [1.165, 1.54) is 30.4 Å². The van der Waals surface area contributed by atoms with Crippen LogP contribution >= 0.6 is 15.9 Å². The van der Waals surface area contributed by atoms with Crippen LogP contribution in [0.5, 0.6) is 0 Å². The van der Waals surface area contributed by atoms with Crippen molar-refractivity contribution in [2.24, 2.45) is 0 Å². The second-order valence-corrected chi connectivity index (χ2v) is 4.93. The lowest BCUT2D eigenvalue weighted by Crippen LogP contribution is -1.86. The Balaban J connectivity index is 2.10. The van der Waals surface area contributed by atoms with Crippen molar-refractivity contribution in [1.82, 2.24) is 10.2 Å². The van der Waals surface area contributed by atoms with Gasteiger partial charge in [0.15, 0.2) is 5.82 Å². The number of H-pyrrole nitrogens is 1. The third kappa shape index (κ3) is 1.45. The SMILES string of the molecule is Nc1n[nH]c(-c2ccc3c(c2)CCC3)c1Br. The Kier molecular flexibility index (Phi) is 2.24. The fraction of sp³-hybridized carbons (Fsp3) is 0.250. The normalized spacial score (nSPS) is 14.1. The molecule has 0 unspecified atom stereocenters. The number of aromatic amines is 1. The summed E-state index contributed by atoms with van der Waals surface area (Å²) < 4.78 is 0.852. The number of nitrogen functional groups attached to an aromatic ring is 1. The van der Waals surface area contributed by atoms with Crippen LogP contribution in [-0.4, -0.2) is 10.2 Å². The molecule has 0 amide bonds. The lowest BCUT2D eigenvalue weighted by Gasteiger charge is -2.03. The van der Waals surface area contributed by atoms with Gasteiger partial charge in [0.2, 0.25) is 0 Å². The Morgan fingerprint density at radius 1 is 1.25 bits per heavy atom. The summed E-state index contributed by atoms with van der Waals surface area (Å²) in [5.41, 5.74) is 10.8. The number of aryl methyl sites for hydroxylation is 2. The van der Waals surface area contributed by atoms with Crippen molar-refractivity contribution in [3.63, 3.8) is 0 Å². The quantitative estimate of drug-likeness (QED) is 0.842. The summed E-state index contributed by atoms with van der Waals surface area (Å²) in [5.74, 6) is 0.510. The minimum absolute atomic E-state index is 0.510. The van der Waals surface area contributed by atoms with Gasteiger partial charge in [0.05, 0.1) is 10.2 Å². The first-order valence-corrected chi connectivity index (χ1v) is 6.16. The van der Waals surface area contributed by atoms with Gasteiger partial charge in [-0.15, -0.1) is 0 Å². The summed E-state index contributed by atoms with van der Waals surface area (Å²) in [6.45, 7) is 0. The highest BCUT2D eigenvalue weighted by Gasteiger charge is 2.14. The highest BCUT2D eigenvalue weighted by Crippen LogP contribution is 2.33. The summed E-state index contributed by atoms with van der Waals surface area (Å²) in [6.07, 6.45) is 3.66. The van der Waals surface area contributed by atoms with E-state index in [4.69, 9.17) is 5.73 Å². The van der Waals surface area contributed by atoms with Gasteiger partial charge < -0.3 is 5.73 Å². The van der Waals surface area contributed by atoms with Gasteiger partial charge in [0.1, 0.15) is 0 Å². The second-order valence-electron chi connectivity index (χ2n) is 4.13. The van der Waals surface area contributed by atoms with Crippen LogP contribution in [0.3, 0.4) is 0 Å². The zero-order chi connectivity index (χ0) is 11.1. The standard InChI is InChI=1S/C12H12BrN3/c13-10-11(15-16-12(10)14)9-5-4-7-2-1-3-8(7)6-9/h4-6H,1-3H2,(H3,14,15,16). The van der Waals surface area contributed by atoms with E-state index in [1.807, 2.05) is 0 Å². The number of fused-ring (bicyclic) bond motifs is 1. The molecule has 2 aromatic rings. The van der Waals surface area contributed by atoms with Crippen molar-refractivity contribution in [1.29, 1.82) is 0 Å². The van der Waals surface area contributed by atoms with Crippen molar-refractivity contribution < 1.29 is 0 Å². The summed E-state index contributed by atoms with van der Waals surface area (Å²) in [5, 5.41) is 6.95. The molecule has 0 radical (unpaired) electrons. The molecule has 1 heterocycles. The van der Waals surface area contributed by atoms with Gasteiger partial charge >= 0.3 is 0 Å². The van der Waals surface area contributed by atoms with Crippen molar-refractivity contribution in [2.45, 2.75) is 19.3 Å². The molecule has 1 aromatic heterocycles. The third-order valence-corrected chi connectivity index (χ3v) is 3.92. The first kappa shape index (κ1) is 9.90. The van der Waals surface area contributed by atoms with Crippen LogP contribution in [0.25, 0.3) is 11.3 Å². The Hall–Kier alpha value is -1.29. The first-order chi connectivity index (χ1) is 7.75. The summed E-state index contributed by atoms with van der Waals surface area (Å²) in [4.78, 5) is 0. The largest absolute Gasteiger partial charge is 0.381 e. The van der Waals surface area contributed by atoms with E-state index in [0.29, 0.717) is 5.82 Å². The van der Waals surface area contributed by atoms with Gasteiger partial charge in [-0.05, 0) is 52.4 Å². The van der Waals surface area contributed by atoms with Gasteiger partial charge in [-0.2, -0.15) is 5.10 Å². The molecular weight excluding hydrogens is 266 g/mol. The molecule has 0 bridgehead atoms. The van der Waals surface area contributed by atoms with E-state index < -0.39 is 0 Å². The number of hydrogen-bond donors (Lipinski definition) is 2. The molecule has 4 heteroatoms. The molecule has 1 aliphatic rings. The molecule has 0 spiro atoms. The zero-order valence-corrected chi connectivity index (χ0v) is 10.3. The van der Waals surface area contributed by atoms with Gasteiger partial charge in [-0.1, -0.05) is 12.1 Å². The summed E-state index contributed by atoms with van der Waals surface area (Å²) in [7, 11) is 0. The van der Waals surface area contributed by atoms with E-state index in [0.717, 1.165) is 15.7 Å². The van der Waals surface area contributed by atoms with Gasteiger partial charge in [-0.3, -0.25) is 5.10 Å². The number of anilines is 1. The minimum Gasteiger partial charge on any atom is -0.381 e. The molecule has 0 saturated heterocycles. The van der Waals surface area contributed by atoms with Crippen LogP contribution in [0.1, 0.15) is 17.5 Å². The van der Waals surface area contributed by atoms with Gasteiger partial charge in [-0.25, -0.2) is 0 Å². The maximum Gasteiger partial charge on any atom is 0.160 e. The number of nitrogens with one attached hydrogen (secondary N) is 1. The Morgan fingerprint density at radius 3 is 2.81 bits per heavy atom. The van der Waals surface area contributed by atoms with Crippen molar-refractivity contribution in [3.05, 3.63) is 33.8 Å². The predicted octanol–water partition coefficient (Wildman–Crippen LogP) is 2.91. The summed E-state index contributed by atoms with van der Waals surface area (Å²) >= 11 is 3.45. The molecule has 0 aliphatic heterocycles. The zero-order valence-electron chi connectivity index (χ0n) is 8.76. The molecule has 0 atom stereocenters. The van der Waals surface area contributed by atoms with Crippen LogP contribution in [0.4, 0.5) is 5.82 Å². The molecular formula is C12H12BrN3. The first-order valence-electron chi connectivity index (χ1n) is 5.37. The number of nitrogens with zero attached hydrogens (tertiary/aromatic N) is 1. The second kappa shape index (κ2) is 3.63. The van der Waals surface area contributed by atoms with Crippen LogP contribution < -0.4 is 5.73 Å². The molecule has 82 valence electrons. The van der Waals surface area contributed by atoms with E-state index >= 15 is 0 Å². The van der Waals surface area contributed by atoms with Crippen LogP contribution in [0.15, 0.2) is 22.7 Å². The van der Waals surface area contributed by atoms with E-state index in [2.05, 4.69) is 44.3 Å². The van der Waals surface area contributed by atoms with E-state index in [9.17, 15) is 0 Å². The predicted molar refractivity (Wildman–Crippen MR) is 68.2 cm³/mol. The number of halogens is 1. The van der Waals surface area contributed by atoms with Gasteiger partial charge in [0, 0.05) is 5.56 Å². The molecule has 0 saturated carbocycles. The Bertz CT molecular complexity index is 545. The lowest BCUT2D eigenvalue weighted by molar-refractivity contribution is 0.912. The maximum atomic E-state index is 5.70. The highest BCUT2D eigenvalue weighted by atomic mass is 79.9. The monoisotopic (exact) mass is 277 g/mol. The summed E-state index contributed by atoms with van der Waals surface area (Å²) in [6, 6.07) is 6.57. The molecule has 0 fully saturated rings. The smallest absolute Gasteiger partial charge is 0.160 e. The van der Waals surface area contributed by atoms with E-state index in [1.54, 1.807) is 0 Å². The molecule has 3 nitrogen and oxygen atoms in total. The average Bonchev–Trinajstić information content (AvgIpc) is 2.86. The Labute approximate surface area is 102 Å². The average molecular weight is 278 g/mol. The number of nitrogens with two attached hydrogens (primary N) is 1. The number of hydrogen-bond acceptors (Lipinski definition) is 2. The number of benzene rings is 1. The van der Waals surface area contributed by atoms with Crippen LogP contribution in [0, 0.1) is 0 Å². The van der Waals surface area contributed by atoms with Crippen LogP contribution in [0.2, 0.25) is 0 Å². The van der Waals surface area contributed by atoms with Crippen molar-refractivity contribution in [2.75, 3.05) is 5.73 Å². The topological polar surface area (TPSA) is 54.7 Å². The highest BCUT2D eigenvalue weighted by molar-refractivity contribution is 9.10. The minimum atomic E-state index is 0.510. The molecule has 16 heavy (non-hydrogen) atoms.